The zero-order valence-electron chi connectivity index (χ0n) is 18.6. The van der Waals surface area contributed by atoms with Crippen LogP contribution in [0.2, 0.25) is 0 Å². The Labute approximate surface area is 184 Å². The SMILES string of the molecule is CC(C)(C)NC(=O)c1ccc(NC(=O)NC2CCN(CCc3ccncc3)CC2)cc1. The highest BCUT2D eigenvalue weighted by Gasteiger charge is 2.20. The first-order valence-corrected chi connectivity index (χ1v) is 10.9. The molecule has 1 saturated heterocycles. The molecule has 7 nitrogen and oxygen atoms in total. The normalized spacial score (nSPS) is 15.3. The third-order valence-electron chi connectivity index (χ3n) is 5.28. The first-order chi connectivity index (χ1) is 14.8. The van der Waals surface area contributed by atoms with Gasteiger partial charge in [-0.1, -0.05) is 0 Å². The largest absolute Gasteiger partial charge is 0.347 e. The Bertz CT molecular complexity index is 854. The van der Waals surface area contributed by atoms with Crippen LogP contribution in [0.3, 0.4) is 0 Å². The number of benzene rings is 1. The smallest absolute Gasteiger partial charge is 0.319 e. The van der Waals surface area contributed by atoms with Crippen molar-refractivity contribution in [3.05, 3.63) is 59.9 Å². The summed E-state index contributed by atoms with van der Waals surface area (Å²) in [6.45, 7) is 8.81. The Kier molecular flexibility index (Phi) is 7.63. The van der Waals surface area contributed by atoms with Crippen LogP contribution in [0.25, 0.3) is 0 Å². The quantitative estimate of drug-likeness (QED) is 0.664. The molecule has 7 heteroatoms. The third kappa shape index (κ3) is 7.68. The lowest BCUT2D eigenvalue weighted by Gasteiger charge is -2.32. The molecule has 1 aliphatic heterocycles. The summed E-state index contributed by atoms with van der Waals surface area (Å²) in [5.74, 6) is -0.126. The van der Waals surface area contributed by atoms with Crippen LogP contribution < -0.4 is 16.0 Å². The van der Waals surface area contributed by atoms with Crippen LogP contribution in [0.4, 0.5) is 10.5 Å². The molecule has 0 bridgehead atoms. The molecule has 3 amide bonds. The molecule has 2 aromatic rings. The predicted octanol–water partition coefficient (Wildman–Crippen LogP) is 3.44. The molecule has 0 unspecified atom stereocenters. The maximum absolute atomic E-state index is 12.4. The van der Waals surface area contributed by atoms with Crippen LogP contribution in [0.15, 0.2) is 48.8 Å². The van der Waals surface area contributed by atoms with Crippen molar-refractivity contribution in [2.45, 2.75) is 51.6 Å². The van der Waals surface area contributed by atoms with Gasteiger partial charge >= 0.3 is 6.03 Å². The van der Waals surface area contributed by atoms with Crippen molar-refractivity contribution >= 4 is 17.6 Å². The van der Waals surface area contributed by atoms with Crippen molar-refractivity contribution < 1.29 is 9.59 Å². The van der Waals surface area contributed by atoms with Crippen LogP contribution >= 0.6 is 0 Å². The topological polar surface area (TPSA) is 86.4 Å². The van der Waals surface area contributed by atoms with Crippen molar-refractivity contribution in [3.63, 3.8) is 0 Å². The summed E-state index contributed by atoms with van der Waals surface area (Å²) in [5.41, 5.74) is 2.25. The average Bonchev–Trinajstić information content (AvgIpc) is 2.73. The standard InChI is InChI=1S/C24H33N5O2/c1-24(2,3)28-22(30)19-4-6-20(7-5-19)26-23(31)27-21-11-16-29(17-12-21)15-10-18-8-13-25-14-9-18/h4-9,13-14,21H,10-12,15-17H2,1-3H3,(H,28,30)(H2,26,27,31). The highest BCUT2D eigenvalue weighted by molar-refractivity contribution is 5.95. The van der Waals surface area contributed by atoms with Crippen LogP contribution in [0.5, 0.6) is 0 Å². The summed E-state index contributed by atoms with van der Waals surface area (Å²) in [6, 6.07) is 11.0. The number of anilines is 1. The minimum Gasteiger partial charge on any atom is -0.347 e. The van der Waals surface area contributed by atoms with Gasteiger partial charge < -0.3 is 20.9 Å². The summed E-state index contributed by atoms with van der Waals surface area (Å²) >= 11 is 0. The molecular weight excluding hydrogens is 390 g/mol. The van der Waals surface area contributed by atoms with Gasteiger partial charge in [-0.15, -0.1) is 0 Å². The van der Waals surface area contributed by atoms with E-state index in [9.17, 15) is 9.59 Å². The van der Waals surface area contributed by atoms with E-state index in [1.54, 1.807) is 24.3 Å². The van der Waals surface area contributed by atoms with Crippen molar-refractivity contribution in [2.75, 3.05) is 25.0 Å². The molecule has 1 aliphatic rings. The maximum atomic E-state index is 12.4. The van der Waals surface area contributed by atoms with Crippen molar-refractivity contribution in [2.24, 2.45) is 0 Å². The molecule has 0 aliphatic carbocycles. The Morgan fingerprint density at radius 3 is 2.29 bits per heavy atom. The van der Waals surface area contributed by atoms with Crippen LogP contribution in [-0.4, -0.2) is 53.0 Å². The fourth-order valence-corrected chi connectivity index (χ4v) is 3.61. The number of carbonyl (C=O) groups is 2. The zero-order valence-corrected chi connectivity index (χ0v) is 18.6. The molecule has 1 fully saturated rings. The van der Waals surface area contributed by atoms with E-state index in [0.717, 1.165) is 38.9 Å². The van der Waals surface area contributed by atoms with E-state index in [0.29, 0.717) is 11.3 Å². The minimum atomic E-state index is -0.289. The van der Waals surface area contributed by atoms with Gasteiger partial charge in [0.15, 0.2) is 0 Å². The van der Waals surface area contributed by atoms with E-state index in [1.165, 1.54) is 5.56 Å². The number of urea groups is 1. The number of carbonyl (C=O) groups excluding carboxylic acids is 2. The monoisotopic (exact) mass is 423 g/mol. The van der Waals surface area contributed by atoms with E-state index >= 15 is 0 Å². The van der Waals surface area contributed by atoms with Gasteiger partial charge in [-0.3, -0.25) is 9.78 Å². The van der Waals surface area contributed by atoms with Gasteiger partial charge in [-0.25, -0.2) is 4.79 Å². The van der Waals surface area contributed by atoms with Crippen LogP contribution in [0.1, 0.15) is 49.5 Å². The van der Waals surface area contributed by atoms with E-state index < -0.39 is 0 Å². The van der Waals surface area contributed by atoms with E-state index in [-0.39, 0.29) is 23.5 Å². The Balaban J connectivity index is 1.38. The molecule has 0 spiro atoms. The summed E-state index contributed by atoms with van der Waals surface area (Å²) < 4.78 is 0. The van der Waals surface area contributed by atoms with Gasteiger partial charge in [0.2, 0.25) is 0 Å². The Hall–Kier alpha value is -2.93. The zero-order chi connectivity index (χ0) is 22.3. The highest BCUT2D eigenvalue weighted by atomic mass is 16.2. The summed E-state index contributed by atoms with van der Waals surface area (Å²) in [4.78, 5) is 31.0. The first-order valence-electron chi connectivity index (χ1n) is 10.9. The number of amides is 3. The lowest BCUT2D eigenvalue weighted by atomic mass is 10.0. The third-order valence-corrected chi connectivity index (χ3v) is 5.28. The molecule has 1 aromatic heterocycles. The number of piperidine rings is 1. The molecule has 0 atom stereocenters. The molecule has 3 rings (SSSR count). The minimum absolute atomic E-state index is 0.126. The molecule has 166 valence electrons. The molecule has 2 heterocycles. The number of likely N-dealkylation sites (tertiary alicyclic amines) is 1. The van der Waals surface area contributed by atoms with Gasteiger partial charge in [-0.05, 0) is 82.0 Å². The summed E-state index contributed by atoms with van der Waals surface area (Å²) in [6.07, 6.45) is 6.56. The number of nitrogens with one attached hydrogen (secondary N) is 3. The van der Waals surface area contributed by atoms with Gasteiger partial charge in [0.25, 0.3) is 5.91 Å². The fourth-order valence-electron chi connectivity index (χ4n) is 3.61. The number of rotatable bonds is 6. The molecule has 31 heavy (non-hydrogen) atoms. The Morgan fingerprint density at radius 2 is 1.68 bits per heavy atom. The molecule has 0 radical (unpaired) electrons. The molecule has 3 N–H and O–H groups in total. The number of nitrogens with zero attached hydrogens (tertiary/aromatic N) is 2. The van der Waals surface area contributed by atoms with Crippen molar-refractivity contribution in [1.29, 1.82) is 0 Å². The summed E-state index contributed by atoms with van der Waals surface area (Å²) in [5, 5.41) is 8.85. The first kappa shape index (κ1) is 22.7. The fraction of sp³-hybridized carbons (Fsp3) is 0.458. The van der Waals surface area contributed by atoms with Gasteiger partial charge in [-0.2, -0.15) is 0 Å². The van der Waals surface area contributed by atoms with Gasteiger partial charge in [0.05, 0.1) is 0 Å². The highest BCUT2D eigenvalue weighted by Crippen LogP contribution is 2.14. The second-order valence-corrected chi connectivity index (χ2v) is 9.10. The second kappa shape index (κ2) is 10.4. The summed E-state index contributed by atoms with van der Waals surface area (Å²) in [7, 11) is 0. The average molecular weight is 424 g/mol. The molecular formula is C24H33N5O2. The molecule has 0 saturated carbocycles. The number of hydrogen-bond donors (Lipinski definition) is 3. The van der Waals surface area contributed by atoms with E-state index in [2.05, 4.69) is 38.0 Å². The number of hydrogen-bond acceptors (Lipinski definition) is 4. The lowest BCUT2D eigenvalue weighted by Crippen LogP contribution is -2.46. The second-order valence-electron chi connectivity index (χ2n) is 9.10. The lowest BCUT2D eigenvalue weighted by molar-refractivity contribution is 0.0919. The van der Waals surface area contributed by atoms with Crippen LogP contribution in [0, 0.1) is 0 Å². The van der Waals surface area contributed by atoms with E-state index in [1.807, 2.05) is 33.2 Å². The Morgan fingerprint density at radius 1 is 1.03 bits per heavy atom. The number of aromatic nitrogens is 1. The van der Waals surface area contributed by atoms with Crippen LogP contribution in [-0.2, 0) is 6.42 Å². The van der Waals surface area contributed by atoms with Crippen molar-refractivity contribution in [1.82, 2.24) is 20.5 Å². The van der Waals surface area contributed by atoms with E-state index in [4.69, 9.17) is 0 Å². The molecule has 1 aromatic carbocycles. The van der Waals surface area contributed by atoms with Gasteiger partial charge in [0, 0.05) is 54.9 Å². The van der Waals surface area contributed by atoms with Gasteiger partial charge in [0.1, 0.15) is 0 Å². The van der Waals surface area contributed by atoms with Crippen molar-refractivity contribution in [3.8, 4) is 0 Å². The predicted molar refractivity (Wildman–Crippen MR) is 123 cm³/mol. The maximum Gasteiger partial charge on any atom is 0.319 e. The number of pyridine rings is 1.